The van der Waals surface area contributed by atoms with Gasteiger partial charge in [0.05, 0.1) is 18.6 Å². The number of aromatic amines is 1. The molecular weight excluding hydrogens is 244 g/mol. The zero-order chi connectivity index (χ0) is 13.8. The predicted octanol–water partition coefficient (Wildman–Crippen LogP) is 1.82. The summed E-state index contributed by atoms with van der Waals surface area (Å²) in [5.74, 6) is -0.0992. The molecule has 0 atom stereocenters. The summed E-state index contributed by atoms with van der Waals surface area (Å²) in [5.41, 5.74) is 0.678. The van der Waals surface area contributed by atoms with Crippen LogP contribution in [0, 0.1) is 5.92 Å². The lowest BCUT2D eigenvalue weighted by Crippen LogP contribution is -2.40. The molecule has 0 aromatic carbocycles. The van der Waals surface area contributed by atoms with Crippen molar-refractivity contribution in [2.45, 2.75) is 31.7 Å². The highest BCUT2D eigenvalue weighted by Gasteiger charge is 2.30. The molecule has 2 rings (SSSR count). The fraction of sp³-hybridized carbons (Fsp3) is 0.571. The van der Waals surface area contributed by atoms with Gasteiger partial charge in [0.25, 0.3) is 5.91 Å². The minimum Gasteiger partial charge on any atom is -0.469 e. The summed E-state index contributed by atoms with van der Waals surface area (Å²) in [6.45, 7) is 0. The van der Waals surface area contributed by atoms with E-state index in [1.54, 1.807) is 23.4 Å². The third kappa shape index (κ3) is 2.97. The van der Waals surface area contributed by atoms with Gasteiger partial charge in [-0.05, 0) is 31.7 Å². The van der Waals surface area contributed by atoms with Gasteiger partial charge >= 0.3 is 5.97 Å². The van der Waals surface area contributed by atoms with Gasteiger partial charge in [-0.2, -0.15) is 0 Å². The molecule has 19 heavy (non-hydrogen) atoms. The number of nitrogens with zero attached hydrogens (tertiary/aromatic N) is 1. The number of amides is 1. The highest BCUT2D eigenvalue weighted by molar-refractivity contribution is 5.94. The maximum Gasteiger partial charge on any atom is 0.308 e. The van der Waals surface area contributed by atoms with Crippen molar-refractivity contribution < 1.29 is 14.3 Å². The van der Waals surface area contributed by atoms with E-state index < -0.39 is 0 Å². The third-order valence-corrected chi connectivity index (χ3v) is 3.94. The highest BCUT2D eigenvalue weighted by Crippen LogP contribution is 2.28. The molecule has 1 aliphatic rings. The number of carbonyl (C=O) groups is 2. The summed E-state index contributed by atoms with van der Waals surface area (Å²) in [5, 5.41) is 0. The number of hydrogen-bond donors (Lipinski definition) is 1. The number of aromatic nitrogens is 1. The Labute approximate surface area is 112 Å². The van der Waals surface area contributed by atoms with Crippen molar-refractivity contribution >= 4 is 11.9 Å². The zero-order valence-corrected chi connectivity index (χ0v) is 11.4. The van der Waals surface area contributed by atoms with Gasteiger partial charge in [-0.1, -0.05) is 0 Å². The monoisotopic (exact) mass is 264 g/mol. The van der Waals surface area contributed by atoms with E-state index in [-0.39, 0.29) is 23.8 Å². The number of H-pyrrole nitrogens is 1. The Hall–Kier alpha value is -1.78. The van der Waals surface area contributed by atoms with E-state index in [4.69, 9.17) is 4.74 Å². The van der Waals surface area contributed by atoms with Crippen LogP contribution in [0.4, 0.5) is 0 Å². The van der Waals surface area contributed by atoms with Crippen LogP contribution >= 0.6 is 0 Å². The largest absolute Gasteiger partial charge is 0.469 e. The molecule has 0 bridgehead atoms. The van der Waals surface area contributed by atoms with E-state index in [2.05, 4.69) is 4.98 Å². The number of rotatable bonds is 3. The van der Waals surface area contributed by atoms with Crippen LogP contribution in [0.25, 0.3) is 0 Å². The first kappa shape index (κ1) is 13.6. The Kier molecular flexibility index (Phi) is 4.24. The molecule has 1 saturated carbocycles. The van der Waals surface area contributed by atoms with Crippen LogP contribution in [0.2, 0.25) is 0 Å². The van der Waals surface area contributed by atoms with Gasteiger partial charge in [0.1, 0.15) is 0 Å². The molecule has 0 aliphatic heterocycles. The lowest BCUT2D eigenvalue weighted by atomic mass is 9.85. The van der Waals surface area contributed by atoms with Crippen molar-refractivity contribution in [3.8, 4) is 0 Å². The van der Waals surface area contributed by atoms with Crippen LogP contribution in [-0.4, -0.2) is 42.0 Å². The molecule has 0 spiro atoms. The molecule has 0 unspecified atom stereocenters. The number of nitrogens with one attached hydrogen (secondary N) is 1. The van der Waals surface area contributed by atoms with Crippen molar-refractivity contribution in [2.75, 3.05) is 14.2 Å². The average molecular weight is 264 g/mol. The van der Waals surface area contributed by atoms with Gasteiger partial charge in [-0.3, -0.25) is 9.59 Å². The Balaban J connectivity index is 1.91. The maximum atomic E-state index is 12.2. The molecule has 1 heterocycles. The van der Waals surface area contributed by atoms with E-state index >= 15 is 0 Å². The quantitative estimate of drug-likeness (QED) is 0.847. The highest BCUT2D eigenvalue weighted by atomic mass is 16.5. The molecular formula is C14H20N2O3. The number of esters is 1. The van der Waals surface area contributed by atoms with Crippen molar-refractivity contribution in [1.29, 1.82) is 0 Å². The molecule has 1 aliphatic carbocycles. The van der Waals surface area contributed by atoms with Crippen LogP contribution < -0.4 is 0 Å². The minimum absolute atomic E-state index is 0.00277. The molecule has 1 N–H and O–H groups in total. The summed E-state index contributed by atoms with van der Waals surface area (Å²) in [6.07, 6.45) is 6.75. The Morgan fingerprint density at radius 3 is 2.53 bits per heavy atom. The van der Waals surface area contributed by atoms with Crippen LogP contribution in [-0.2, 0) is 9.53 Å². The molecule has 1 aromatic heterocycles. The first-order valence-electron chi connectivity index (χ1n) is 6.61. The molecule has 1 aromatic rings. The van der Waals surface area contributed by atoms with Crippen LogP contribution in [0.3, 0.4) is 0 Å². The topological polar surface area (TPSA) is 62.4 Å². The second-order valence-corrected chi connectivity index (χ2v) is 5.04. The average Bonchev–Trinajstić information content (AvgIpc) is 2.99. The third-order valence-electron chi connectivity index (χ3n) is 3.94. The number of methoxy groups -OCH3 is 1. The van der Waals surface area contributed by atoms with Gasteiger partial charge in [0.2, 0.25) is 0 Å². The number of ether oxygens (including phenoxy) is 1. The number of hydrogen-bond acceptors (Lipinski definition) is 3. The minimum atomic E-state index is -0.127. The fourth-order valence-corrected chi connectivity index (χ4v) is 2.69. The summed E-state index contributed by atoms with van der Waals surface area (Å²) in [7, 11) is 3.26. The summed E-state index contributed by atoms with van der Waals surface area (Å²) in [4.78, 5) is 28.3. The van der Waals surface area contributed by atoms with E-state index in [0.29, 0.717) is 5.56 Å². The van der Waals surface area contributed by atoms with E-state index in [1.165, 1.54) is 7.11 Å². The Morgan fingerprint density at radius 2 is 2.00 bits per heavy atom. The van der Waals surface area contributed by atoms with Gasteiger partial charge < -0.3 is 14.6 Å². The molecule has 104 valence electrons. The van der Waals surface area contributed by atoms with E-state index in [1.807, 2.05) is 7.05 Å². The van der Waals surface area contributed by atoms with Gasteiger partial charge in [-0.15, -0.1) is 0 Å². The predicted molar refractivity (Wildman–Crippen MR) is 70.6 cm³/mol. The van der Waals surface area contributed by atoms with Crippen molar-refractivity contribution in [3.63, 3.8) is 0 Å². The lowest BCUT2D eigenvalue weighted by molar-refractivity contribution is -0.146. The second kappa shape index (κ2) is 5.91. The smallest absolute Gasteiger partial charge is 0.308 e. The van der Waals surface area contributed by atoms with Crippen molar-refractivity contribution in [1.82, 2.24) is 9.88 Å². The molecule has 0 radical (unpaired) electrons. The normalized spacial score (nSPS) is 22.8. The van der Waals surface area contributed by atoms with Crippen molar-refractivity contribution in [2.24, 2.45) is 5.92 Å². The van der Waals surface area contributed by atoms with Gasteiger partial charge in [0, 0.05) is 25.5 Å². The number of carbonyl (C=O) groups excluding carboxylic acids is 2. The van der Waals surface area contributed by atoms with E-state index in [9.17, 15) is 9.59 Å². The maximum absolute atomic E-state index is 12.2. The zero-order valence-electron chi connectivity index (χ0n) is 11.4. The van der Waals surface area contributed by atoms with Crippen LogP contribution in [0.15, 0.2) is 18.5 Å². The molecule has 0 saturated heterocycles. The first-order valence-corrected chi connectivity index (χ1v) is 6.61. The lowest BCUT2D eigenvalue weighted by Gasteiger charge is -2.33. The molecule has 5 nitrogen and oxygen atoms in total. The van der Waals surface area contributed by atoms with Crippen LogP contribution in [0.1, 0.15) is 36.0 Å². The fourth-order valence-electron chi connectivity index (χ4n) is 2.69. The molecule has 1 amide bonds. The Bertz CT molecular complexity index is 434. The van der Waals surface area contributed by atoms with E-state index in [0.717, 1.165) is 25.7 Å². The molecule has 5 heteroatoms. The van der Waals surface area contributed by atoms with Gasteiger partial charge in [-0.25, -0.2) is 0 Å². The van der Waals surface area contributed by atoms with Crippen molar-refractivity contribution in [3.05, 3.63) is 24.0 Å². The van der Waals surface area contributed by atoms with Crippen LogP contribution in [0.5, 0.6) is 0 Å². The summed E-state index contributed by atoms with van der Waals surface area (Å²) >= 11 is 0. The standard InChI is InChI=1S/C14H20N2O3/c1-16(13(17)11-7-8-15-9-11)12-5-3-10(4-6-12)14(18)19-2/h7-10,12,15H,3-6H2,1-2H3. The Morgan fingerprint density at radius 1 is 1.32 bits per heavy atom. The SMILES string of the molecule is COC(=O)C1CCC(N(C)C(=O)c2cc[nH]c2)CC1. The summed E-state index contributed by atoms with van der Waals surface area (Å²) < 4.78 is 4.77. The van der Waals surface area contributed by atoms with Gasteiger partial charge in [0.15, 0.2) is 0 Å². The summed E-state index contributed by atoms with van der Waals surface area (Å²) in [6, 6.07) is 1.99. The first-order chi connectivity index (χ1) is 9.13. The molecule has 1 fully saturated rings. The second-order valence-electron chi connectivity index (χ2n) is 5.04.